The second-order valence-electron chi connectivity index (χ2n) is 8.04. The first-order valence-corrected chi connectivity index (χ1v) is 13.3. The summed E-state index contributed by atoms with van der Waals surface area (Å²) in [6.07, 6.45) is 0.336. The molecule has 0 heterocycles. The van der Waals surface area contributed by atoms with Gasteiger partial charge in [0.2, 0.25) is 0 Å². The van der Waals surface area contributed by atoms with E-state index in [9.17, 15) is 22.9 Å². The van der Waals surface area contributed by atoms with E-state index in [2.05, 4.69) is 15.5 Å². The number of hydrogen-bond donors (Lipinski definition) is 2. The van der Waals surface area contributed by atoms with Gasteiger partial charge in [0.15, 0.2) is 0 Å². The largest absolute Gasteiger partial charge is 1.00 e. The summed E-state index contributed by atoms with van der Waals surface area (Å²) in [5.74, 6) is -1.05. The minimum atomic E-state index is -4.77. The van der Waals surface area contributed by atoms with Gasteiger partial charge < -0.3 is 15.2 Å². The van der Waals surface area contributed by atoms with E-state index in [-0.39, 0.29) is 62.2 Å². The molecule has 4 rings (SSSR count). The summed E-state index contributed by atoms with van der Waals surface area (Å²) in [7, 11) is -3.31. The van der Waals surface area contributed by atoms with Crippen LogP contribution in [-0.2, 0) is 16.5 Å². The summed E-state index contributed by atoms with van der Waals surface area (Å²) in [6.45, 7) is 1.75. The van der Waals surface area contributed by atoms with Crippen molar-refractivity contribution in [3.8, 4) is 11.5 Å². The number of benzene rings is 4. The van der Waals surface area contributed by atoms with Crippen LogP contribution in [-0.4, -0.2) is 26.0 Å². The predicted octanol–water partition coefficient (Wildman–Crippen LogP) is 3.71. The van der Waals surface area contributed by atoms with Gasteiger partial charge in [-0.2, -0.15) is 13.5 Å². The minimum absolute atomic E-state index is 0. The van der Waals surface area contributed by atoms with E-state index in [0.29, 0.717) is 28.5 Å². The molecule has 0 aliphatic heterocycles. The fraction of sp³-hybridized carbons (Fsp3) is 0.115. The standard InChI is InChI=1S/C26H21Cl2N3O6S.Na/c1-3-14-8-10-20(28)25(38(34,35)36)22(14)30-31-23-17-7-5-4-6-15(17)12-18(24(23)32)26(33)29-21-13-16(37-2)9-11-19(21)27;/h4-13,32H,3H2,1-2H3,(H,29,33)(H,34,35,36);/q;+1/p-1. The third-order valence-electron chi connectivity index (χ3n) is 5.70. The van der Waals surface area contributed by atoms with Crippen LogP contribution in [0.3, 0.4) is 0 Å². The number of methoxy groups -OCH3 is 1. The maximum atomic E-state index is 13.5. The average molecular weight is 596 g/mol. The molecule has 0 saturated carbocycles. The SMILES string of the molecule is CCc1ccc(Cl)c(S(=O)(=O)O)c1N=Nc1c([O-])c(C(=O)Nc2cc(OC)ccc2Cl)cc2ccccc12.[Na+]. The Hall–Kier alpha value is -2.70. The van der Waals surface area contributed by atoms with Crippen molar-refractivity contribution in [3.05, 3.63) is 81.8 Å². The zero-order chi connectivity index (χ0) is 27.6. The molecule has 13 heteroatoms. The van der Waals surface area contributed by atoms with Gasteiger partial charge in [0.05, 0.1) is 28.5 Å². The molecule has 0 aliphatic rings. The van der Waals surface area contributed by atoms with Crippen molar-refractivity contribution in [1.29, 1.82) is 0 Å². The summed E-state index contributed by atoms with van der Waals surface area (Å²) in [4.78, 5) is 12.6. The molecule has 0 aliphatic carbocycles. The van der Waals surface area contributed by atoms with Crippen LogP contribution in [0.2, 0.25) is 10.0 Å². The molecule has 39 heavy (non-hydrogen) atoms. The summed E-state index contributed by atoms with van der Waals surface area (Å²) < 4.78 is 39.0. The molecule has 0 bridgehead atoms. The first-order chi connectivity index (χ1) is 18.0. The van der Waals surface area contributed by atoms with Gasteiger partial charge in [-0.1, -0.05) is 66.2 Å². The molecule has 0 unspecified atom stereocenters. The minimum Gasteiger partial charge on any atom is -0.870 e. The Morgan fingerprint density at radius 3 is 2.36 bits per heavy atom. The molecular formula is C26H20Cl2N3NaO6S. The van der Waals surface area contributed by atoms with Crippen LogP contribution in [0.1, 0.15) is 22.8 Å². The average Bonchev–Trinajstić information content (AvgIpc) is 2.88. The van der Waals surface area contributed by atoms with Crippen LogP contribution in [0.15, 0.2) is 75.8 Å². The third-order valence-corrected chi connectivity index (χ3v) is 7.38. The van der Waals surface area contributed by atoms with E-state index >= 15 is 0 Å². The van der Waals surface area contributed by atoms with Crippen LogP contribution in [0.25, 0.3) is 10.8 Å². The van der Waals surface area contributed by atoms with Crippen LogP contribution >= 0.6 is 23.2 Å². The molecule has 0 aromatic heterocycles. The predicted molar refractivity (Wildman–Crippen MR) is 144 cm³/mol. The number of ether oxygens (including phenoxy) is 1. The van der Waals surface area contributed by atoms with Crippen LogP contribution in [0, 0.1) is 0 Å². The van der Waals surface area contributed by atoms with E-state index in [0.717, 1.165) is 0 Å². The van der Waals surface area contributed by atoms with Gasteiger partial charge in [-0.05, 0) is 41.6 Å². The van der Waals surface area contributed by atoms with Crippen molar-refractivity contribution in [2.45, 2.75) is 18.2 Å². The van der Waals surface area contributed by atoms with Crippen LogP contribution in [0.5, 0.6) is 11.5 Å². The Balaban J connectivity index is 0.00000420. The Morgan fingerprint density at radius 1 is 1.03 bits per heavy atom. The first kappa shape index (κ1) is 30.8. The van der Waals surface area contributed by atoms with Gasteiger partial charge >= 0.3 is 29.6 Å². The maximum absolute atomic E-state index is 13.5. The number of hydrogen-bond acceptors (Lipinski definition) is 7. The molecule has 9 nitrogen and oxygen atoms in total. The number of azo groups is 1. The fourth-order valence-corrected chi connectivity index (χ4v) is 5.16. The zero-order valence-electron chi connectivity index (χ0n) is 21.0. The van der Waals surface area contributed by atoms with Crippen LogP contribution < -0.4 is 44.7 Å². The number of halogens is 2. The smallest absolute Gasteiger partial charge is 0.870 e. The number of rotatable bonds is 7. The molecule has 0 spiro atoms. The second-order valence-corrected chi connectivity index (χ2v) is 10.2. The maximum Gasteiger partial charge on any atom is 1.00 e. The summed E-state index contributed by atoms with van der Waals surface area (Å²) in [6, 6.07) is 15.7. The van der Waals surface area contributed by atoms with Crippen molar-refractivity contribution in [2.75, 3.05) is 12.4 Å². The molecule has 2 N–H and O–H groups in total. The van der Waals surface area contributed by atoms with Gasteiger partial charge in [0, 0.05) is 17.0 Å². The molecular weight excluding hydrogens is 576 g/mol. The molecule has 196 valence electrons. The van der Waals surface area contributed by atoms with Crippen molar-refractivity contribution in [2.24, 2.45) is 10.2 Å². The molecule has 0 radical (unpaired) electrons. The third kappa shape index (κ3) is 6.55. The fourth-order valence-electron chi connectivity index (χ4n) is 3.82. The van der Waals surface area contributed by atoms with E-state index < -0.39 is 26.7 Å². The second kappa shape index (κ2) is 12.6. The van der Waals surface area contributed by atoms with Gasteiger partial charge in [-0.15, -0.1) is 5.11 Å². The molecule has 4 aromatic rings. The summed E-state index contributed by atoms with van der Waals surface area (Å²) in [5.41, 5.74) is 0.00538. The molecule has 0 fully saturated rings. The monoisotopic (exact) mass is 595 g/mol. The van der Waals surface area contributed by atoms with Gasteiger partial charge in [-0.25, -0.2) is 0 Å². The Morgan fingerprint density at radius 2 is 1.69 bits per heavy atom. The van der Waals surface area contributed by atoms with Gasteiger partial charge in [-0.3, -0.25) is 9.35 Å². The molecule has 0 saturated heterocycles. The normalized spacial score (nSPS) is 11.4. The van der Waals surface area contributed by atoms with E-state index in [4.69, 9.17) is 27.9 Å². The molecule has 4 aromatic carbocycles. The number of anilines is 1. The van der Waals surface area contributed by atoms with E-state index in [1.165, 1.54) is 31.4 Å². The van der Waals surface area contributed by atoms with Crippen LogP contribution in [0.4, 0.5) is 17.1 Å². The quantitative estimate of drug-likeness (QED) is 0.189. The van der Waals surface area contributed by atoms with Gasteiger partial charge in [0.1, 0.15) is 16.3 Å². The Kier molecular flexibility index (Phi) is 10.0. The number of fused-ring (bicyclic) bond motifs is 1. The van der Waals surface area contributed by atoms with Crippen molar-refractivity contribution >= 4 is 67.1 Å². The summed E-state index contributed by atoms with van der Waals surface area (Å²) >= 11 is 12.3. The number of nitrogens with zero attached hydrogens (tertiary/aromatic N) is 2. The summed E-state index contributed by atoms with van der Waals surface area (Å²) in [5, 5.41) is 25.1. The number of carbonyl (C=O) groups is 1. The molecule has 0 atom stereocenters. The van der Waals surface area contributed by atoms with Crippen molar-refractivity contribution in [3.63, 3.8) is 0 Å². The Bertz CT molecular complexity index is 1710. The molecule has 1 amide bonds. The van der Waals surface area contributed by atoms with Gasteiger partial charge in [0.25, 0.3) is 16.0 Å². The first-order valence-electron chi connectivity index (χ1n) is 11.1. The number of carbonyl (C=O) groups excluding carboxylic acids is 1. The topological polar surface area (TPSA) is 140 Å². The number of amides is 1. The number of aryl methyl sites for hydroxylation is 1. The van der Waals surface area contributed by atoms with E-state index in [1.54, 1.807) is 43.3 Å². The van der Waals surface area contributed by atoms with Crippen molar-refractivity contribution in [1.82, 2.24) is 0 Å². The van der Waals surface area contributed by atoms with E-state index in [1.807, 2.05) is 0 Å². The van der Waals surface area contributed by atoms with Crippen molar-refractivity contribution < 1.29 is 57.2 Å². The number of nitrogens with one attached hydrogen (secondary N) is 1. The zero-order valence-corrected chi connectivity index (χ0v) is 25.4. The Labute approximate surface area is 256 Å².